The standard InChI is InChI=1S/C12H19NO3S/c1-16-9-3-8-13-10-11-4-6-12(7-5-11)17(2,14)15/h4-7,13H,3,8-10H2,1-2H3. The lowest BCUT2D eigenvalue weighted by Crippen LogP contribution is -2.16. The van der Waals surface area contributed by atoms with Crippen molar-refractivity contribution in [3.8, 4) is 0 Å². The minimum atomic E-state index is -3.09. The molecule has 0 aliphatic carbocycles. The number of rotatable bonds is 7. The normalized spacial score (nSPS) is 11.6. The molecule has 17 heavy (non-hydrogen) atoms. The molecule has 0 radical (unpaired) electrons. The van der Waals surface area contributed by atoms with Gasteiger partial charge >= 0.3 is 0 Å². The predicted molar refractivity (Wildman–Crippen MR) is 67.8 cm³/mol. The highest BCUT2D eigenvalue weighted by Crippen LogP contribution is 2.09. The molecule has 4 nitrogen and oxygen atoms in total. The van der Waals surface area contributed by atoms with Gasteiger partial charge in [0.1, 0.15) is 0 Å². The molecule has 0 bridgehead atoms. The Hall–Kier alpha value is -0.910. The van der Waals surface area contributed by atoms with Crippen LogP contribution in [-0.2, 0) is 21.1 Å². The molecule has 1 aromatic rings. The predicted octanol–water partition coefficient (Wildman–Crippen LogP) is 1.22. The van der Waals surface area contributed by atoms with Gasteiger partial charge in [0.2, 0.25) is 0 Å². The number of hydrogen-bond donors (Lipinski definition) is 1. The van der Waals surface area contributed by atoms with Gasteiger partial charge in [0.15, 0.2) is 9.84 Å². The van der Waals surface area contributed by atoms with E-state index in [1.807, 2.05) is 12.1 Å². The summed E-state index contributed by atoms with van der Waals surface area (Å²) in [4.78, 5) is 0.362. The molecule has 0 atom stereocenters. The molecule has 0 aliphatic heterocycles. The van der Waals surface area contributed by atoms with Crippen LogP contribution in [0.2, 0.25) is 0 Å². The van der Waals surface area contributed by atoms with Crippen molar-refractivity contribution in [1.82, 2.24) is 5.32 Å². The largest absolute Gasteiger partial charge is 0.385 e. The quantitative estimate of drug-likeness (QED) is 0.746. The highest BCUT2D eigenvalue weighted by molar-refractivity contribution is 7.90. The topological polar surface area (TPSA) is 55.4 Å². The average molecular weight is 257 g/mol. The third-order valence-electron chi connectivity index (χ3n) is 2.38. The second-order valence-corrected chi connectivity index (χ2v) is 5.95. The summed E-state index contributed by atoms with van der Waals surface area (Å²) in [7, 11) is -1.40. The number of nitrogens with one attached hydrogen (secondary N) is 1. The van der Waals surface area contributed by atoms with Crippen LogP contribution in [0, 0.1) is 0 Å². The molecule has 0 fully saturated rings. The molecule has 0 saturated carbocycles. The van der Waals surface area contributed by atoms with E-state index in [2.05, 4.69) is 5.32 Å². The fraction of sp³-hybridized carbons (Fsp3) is 0.500. The first kappa shape index (κ1) is 14.2. The van der Waals surface area contributed by atoms with E-state index in [0.717, 1.165) is 31.7 Å². The summed E-state index contributed by atoms with van der Waals surface area (Å²) >= 11 is 0. The molecule has 5 heteroatoms. The van der Waals surface area contributed by atoms with Gasteiger partial charge in [-0.1, -0.05) is 12.1 Å². The molecule has 0 spiro atoms. The van der Waals surface area contributed by atoms with Crippen LogP contribution in [0.25, 0.3) is 0 Å². The van der Waals surface area contributed by atoms with Crippen LogP contribution < -0.4 is 5.32 Å². The van der Waals surface area contributed by atoms with Gasteiger partial charge in [0, 0.05) is 26.5 Å². The summed E-state index contributed by atoms with van der Waals surface area (Å²) < 4.78 is 27.4. The van der Waals surface area contributed by atoms with Gasteiger partial charge in [-0.15, -0.1) is 0 Å². The number of hydrogen-bond acceptors (Lipinski definition) is 4. The Kier molecular flexibility index (Phi) is 5.61. The van der Waals surface area contributed by atoms with Crippen LogP contribution in [0.1, 0.15) is 12.0 Å². The molecular weight excluding hydrogens is 238 g/mol. The molecule has 1 N–H and O–H groups in total. The molecule has 0 amide bonds. The smallest absolute Gasteiger partial charge is 0.175 e. The zero-order valence-corrected chi connectivity index (χ0v) is 11.1. The van der Waals surface area contributed by atoms with Crippen LogP contribution in [0.5, 0.6) is 0 Å². The van der Waals surface area contributed by atoms with Crippen molar-refractivity contribution >= 4 is 9.84 Å². The summed E-state index contributed by atoms with van der Waals surface area (Å²) in [6.07, 6.45) is 2.18. The minimum absolute atomic E-state index is 0.362. The van der Waals surface area contributed by atoms with Gasteiger partial charge in [-0.25, -0.2) is 8.42 Å². The Morgan fingerprint density at radius 2 is 1.88 bits per heavy atom. The van der Waals surface area contributed by atoms with Gasteiger partial charge in [-0.3, -0.25) is 0 Å². The van der Waals surface area contributed by atoms with Crippen LogP contribution in [0.3, 0.4) is 0 Å². The zero-order chi connectivity index (χ0) is 12.7. The van der Waals surface area contributed by atoms with Gasteiger partial charge < -0.3 is 10.1 Å². The lowest BCUT2D eigenvalue weighted by molar-refractivity contribution is 0.194. The summed E-state index contributed by atoms with van der Waals surface area (Å²) in [5, 5.41) is 3.27. The highest BCUT2D eigenvalue weighted by Gasteiger charge is 2.05. The minimum Gasteiger partial charge on any atom is -0.385 e. The van der Waals surface area contributed by atoms with Crippen molar-refractivity contribution in [2.24, 2.45) is 0 Å². The molecule has 1 rings (SSSR count). The summed E-state index contributed by atoms with van der Waals surface area (Å²) in [6.45, 7) is 2.38. The van der Waals surface area contributed by atoms with Crippen molar-refractivity contribution in [3.63, 3.8) is 0 Å². The number of ether oxygens (including phenoxy) is 1. The summed E-state index contributed by atoms with van der Waals surface area (Å²) in [5.74, 6) is 0. The molecule has 0 aliphatic rings. The molecule has 0 aromatic heterocycles. The second-order valence-electron chi connectivity index (χ2n) is 3.94. The van der Waals surface area contributed by atoms with E-state index in [4.69, 9.17) is 4.74 Å². The van der Waals surface area contributed by atoms with Crippen molar-refractivity contribution in [2.45, 2.75) is 17.9 Å². The Balaban J connectivity index is 2.41. The molecule has 0 unspecified atom stereocenters. The molecule has 0 heterocycles. The van der Waals surface area contributed by atoms with E-state index >= 15 is 0 Å². The fourth-order valence-electron chi connectivity index (χ4n) is 1.43. The second kappa shape index (κ2) is 6.74. The van der Waals surface area contributed by atoms with Crippen molar-refractivity contribution < 1.29 is 13.2 Å². The summed E-state index contributed by atoms with van der Waals surface area (Å²) in [6, 6.07) is 6.95. The van der Waals surface area contributed by atoms with Gasteiger partial charge in [0.05, 0.1) is 4.90 Å². The number of methoxy groups -OCH3 is 1. The van der Waals surface area contributed by atoms with Crippen LogP contribution in [0.15, 0.2) is 29.2 Å². The van der Waals surface area contributed by atoms with Crippen LogP contribution >= 0.6 is 0 Å². The fourth-order valence-corrected chi connectivity index (χ4v) is 2.06. The Morgan fingerprint density at radius 1 is 1.24 bits per heavy atom. The summed E-state index contributed by atoms with van der Waals surface area (Å²) in [5.41, 5.74) is 1.08. The van der Waals surface area contributed by atoms with E-state index < -0.39 is 9.84 Å². The maximum atomic E-state index is 11.2. The van der Waals surface area contributed by atoms with E-state index in [1.54, 1.807) is 19.2 Å². The zero-order valence-electron chi connectivity index (χ0n) is 10.3. The Bertz CT molecular complexity index is 426. The van der Waals surface area contributed by atoms with Crippen molar-refractivity contribution in [2.75, 3.05) is 26.5 Å². The van der Waals surface area contributed by atoms with Gasteiger partial charge in [-0.05, 0) is 30.7 Å². The lowest BCUT2D eigenvalue weighted by atomic mass is 10.2. The number of sulfone groups is 1. The van der Waals surface area contributed by atoms with Crippen LogP contribution in [-0.4, -0.2) is 34.9 Å². The molecular formula is C12H19NO3S. The average Bonchev–Trinajstić information content (AvgIpc) is 2.28. The van der Waals surface area contributed by atoms with E-state index in [1.165, 1.54) is 6.26 Å². The highest BCUT2D eigenvalue weighted by atomic mass is 32.2. The van der Waals surface area contributed by atoms with E-state index in [-0.39, 0.29) is 0 Å². The maximum Gasteiger partial charge on any atom is 0.175 e. The van der Waals surface area contributed by atoms with Gasteiger partial charge in [0.25, 0.3) is 0 Å². The molecule has 1 aromatic carbocycles. The third-order valence-corrected chi connectivity index (χ3v) is 3.51. The molecule has 96 valence electrons. The number of benzene rings is 1. The first-order chi connectivity index (χ1) is 8.04. The van der Waals surface area contributed by atoms with Gasteiger partial charge in [-0.2, -0.15) is 0 Å². The Morgan fingerprint density at radius 3 is 2.41 bits per heavy atom. The third kappa shape index (κ3) is 5.30. The van der Waals surface area contributed by atoms with Crippen molar-refractivity contribution in [1.29, 1.82) is 0 Å². The van der Waals surface area contributed by atoms with Crippen molar-refractivity contribution in [3.05, 3.63) is 29.8 Å². The van der Waals surface area contributed by atoms with E-state index in [0.29, 0.717) is 4.90 Å². The SMILES string of the molecule is COCCCNCc1ccc(S(C)(=O)=O)cc1. The Labute approximate surface area is 103 Å². The van der Waals surface area contributed by atoms with Crippen LogP contribution in [0.4, 0.5) is 0 Å². The first-order valence-electron chi connectivity index (χ1n) is 5.52. The first-order valence-corrected chi connectivity index (χ1v) is 7.42. The molecule has 0 saturated heterocycles. The monoisotopic (exact) mass is 257 g/mol. The lowest BCUT2D eigenvalue weighted by Gasteiger charge is -2.05. The maximum absolute atomic E-state index is 11.2. The van der Waals surface area contributed by atoms with E-state index in [9.17, 15) is 8.42 Å².